The van der Waals surface area contributed by atoms with Crippen LogP contribution in [0.1, 0.15) is 38.3 Å². The second-order valence-electron chi connectivity index (χ2n) is 3.59. The van der Waals surface area contributed by atoms with Crippen LogP contribution in [0.3, 0.4) is 0 Å². The Kier molecular flexibility index (Phi) is 4.97. The van der Waals surface area contributed by atoms with Crippen LogP contribution in [0, 0.1) is 0 Å². The second kappa shape index (κ2) is 6.02. The zero-order valence-corrected chi connectivity index (χ0v) is 10.5. The largest absolute Gasteiger partial charge is 0.474 e. The Morgan fingerprint density at radius 1 is 1.20 bits per heavy atom. The average molecular weight is 227 g/mol. The molecule has 1 nitrogen and oxygen atoms in total. The Bertz CT molecular complexity index is 309. The first-order valence-corrected chi connectivity index (χ1v) is 6.07. The monoisotopic (exact) mass is 226 g/mol. The van der Waals surface area contributed by atoms with E-state index < -0.39 is 0 Å². The van der Waals surface area contributed by atoms with Gasteiger partial charge >= 0.3 is 0 Å². The van der Waals surface area contributed by atoms with Gasteiger partial charge in [-0.05, 0) is 36.5 Å². The van der Waals surface area contributed by atoms with Gasteiger partial charge in [-0.3, -0.25) is 0 Å². The fourth-order valence-electron chi connectivity index (χ4n) is 1.47. The molecule has 0 aliphatic rings. The lowest BCUT2D eigenvalue weighted by Crippen LogP contribution is -2.08. The van der Waals surface area contributed by atoms with Gasteiger partial charge in [0.05, 0.1) is 0 Å². The van der Waals surface area contributed by atoms with Crippen LogP contribution in [-0.2, 0) is 12.8 Å². The predicted molar refractivity (Wildman–Crippen MR) is 65.8 cm³/mol. The van der Waals surface area contributed by atoms with Gasteiger partial charge in [0.2, 0.25) is 0 Å². The van der Waals surface area contributed by atoms with Gasteiger partial charge in [0.15, 0.2) is 5.56 Å². The SMILES string of the molecule is CCc1ccc(OC(Cl)CC)c(CC)c1. The van der Waals surface area contributed by atoms with Crippen molar-refractivity contribution < 1.29 is 4.74 Å². The number of benzene rings is 1. The number of halogens is 1. The normalized spacial score (nSPS) is 12.5. The number of ether oxygens (including phenoxy) is 1. The molecule has 0 heterocycles. The number of hydrogen-bond donors (Lipinski definition) is 0. The van der Waals surface area contributed by atoms with Crippen molar-refractivity contribution in [2.24, 2.45) is 0 Å². The van der Waals surface area contributed by atoms with Crippen molar-refractivity contribution in [2.45, 2.75) is 45.6 Å². The number of rotatable bonds is 5. The molecule has 1 rings (SSSR count). The Morgan fingerprint density at radius 2 is 1.93 bits per heavy atom. The molecule has 1 atom stereocenters. The minimum atomic E-state index is -0.220. The third-order valence-electron chi connectivity index (χ3n) is 2.49. The van der Waals surface area contributed by atoms with E-state index in [4.69, 9.17) is 16.3 Å². The molecule has 0 fully saturated rings. The highest BCUT2D eigenvalue weighted by molar-refractivity contribution is 6.19. The summed E-state index contributed by atoms with van der Waals surface area (Å²) in [4.78, 5) is 0. The van der Waals surface area contributed by atoms with E-state index in [-0.39, 0.29) is 5.56 Å². The highest BCUT2D eigenvalue weighted by Crippen LogP contribution is 2.23. The summed E-state index contributed by atoms with van der Waals surface area (Å²) in [6, 6.07) is 6.34. The number of hydrogen-bond acceptors (Lipinski definition) is 1. The van der Waals surface area contributed by atoms with Crippen molar-refractivity contribution in [3.8, 4) is 5.75 Å². The first-order chi connectivity index (χ1) is 7.21. The van der Waals surface area contributed by atoms with Crippen molar-refractivity contribution >= 4 is 11.6 Å². The summed E-state index contributed by atoms with van der Waals surface area (Å²) in [5, 5.41) is 0. The van der Waals surface area contributed by atoms with Crippen LogP contribution in [0.4, 0.5) is 0 Å². The lowest BCUT2D eigenvalue weighted by atomic mass is 10.1. The predicted octanol–water partition coefficient (Wildman–Crippen LogP) is 4.17. The highest BCUT2D eigenvalue weighted by atomic mass is 35.5. The Labute approximate surface area is 97.4 Å². The second-order valence-corrected chi connectivity index (χ2v) is 4.07. The van der Waals surface area contributed by atoms with Crippen molar-refractivity contribution in [2.75, 3.05) is 0 Å². The first-order valence-electron chi connectivity index (χ1n) is 5.63. The zero-order valence-electron chi connectivity index (χ0n) is 9.72. The molecular formula is C13H19ClO. The van der Waals surface area contributed by atoms with Gasteiger partial charge in [-0.1, -0.05) is 44.5 Å². The molecule has 0 amide bonds. The van der Waals surface area contributed by atoms with E-state index in [9.17, 15) is 0 Å². The summed E-state index contributed by atoms with van der Waals surface area (Å²) in [6.07, 6.45) is 2.86. The quantitative estimate of drug-likeness (QED) is 0.685. The van der Waals surface area contributed by atoms with Crippen LogP contribution >= 0.6 is 11.6 Å². The van der Waals surface area contributed by atoms with Gasteiger partial charge in [0.1, 0.15) is 5.75 Å². The van der Waals surface area contributed by atoms with Crippen LogP contribution in [-0.4, -0.2) is 5.56 Å². The summed E-state index contributed by atoms with van der Waals surface area (Å²) in [5.41, 5.74) is 2.37. The summed E-state index contributed by atoms with van der Waals surface area (Å²) < 4.78 is 5.65. The van der Waals surface area contributed by atoms with Crippen LogP contribution in [0.2, 0.25) is 0 Å². The van der Waals surface area contributed by atoms with E-state index in [2.05, 4.69) is 26.0 Å². The molecule has 84 valence electrons. The fourth-order valence-corrected chi connectivity index (χ4v) is 1.56. The van der Waals surface area contributed by atoms with Crippen LogP contribution < -0.4 is 4.74 Å². The molecule has 0 aliphatic heterocycles. The van der Waals surface area contributed by atoms with Crippen LogP contribution in [0.25, 0.3) is 0 Å². The third kappa shape index (κ3) is 3.42. The number of aryl methyl sites for hydroxylation is 2. The molecule has 0 saturated carbocycles. The molecule has 1 aromatic rings. The van der Waals surface area contributed by atoms with Crippen molar-refractivity contribution in [3.05, 3.63) is 29.3 Å². The van der Waals surface area contributed by atoms with Crippen LogP contribution in [0.5, 0.6) is 5.75 Å². The molecule has 0 aromatic heterocycles. The zero-order chi connectivity index (χ0) is 11.3. The van der Waals surface area contributed by atoms with Crippen molar-refractivity contribution in [1.29, 1.82) is 0 Å². The lowest BCUT2D eigenvalue weighted by Gasteiger charge is -2.14. The minimum absolute atomic E-state index is 0.220. The molecular weight excluding hydrogens is 208 g/mol. The Morgan fingerprint density at radius 3 is 2.47 bits per heavy atom. The summed E-state index contributed by atoms with van der Waals surface area (Å²) in [6.45, 7) is 6.31. The van der Waals surface area contributed by atoms with E-state index in [0.29, 0.717) is 0 Å². The molecule has 1 aromatic carbocycles. The first kappa shape index (κ1) is 12.4. The van der Waals surface area contributed by atoms with E-state index in [1.54, 1.807) is 0 Å². The summed E-state index contributed by atoms with van der Waals surface area (Å²) in [7, 11) is 0. The lowest BCUT2D eigenvalue weighted by molar-refractivity contribution is 0.274. The molecule has 2 heteroatoms. The summed E-state index contributed by atoms with van der Waals surface area (Å²) >= 11 is 5.98. The molecule has 15 heavy (non-hydrogen) atoms. The van der Waals surface area contributed by atoms with E-state index >= 15 is 0 Å². The van der Waals surface area contributed by atoms with Crippen molar-refractivity contribution in [1.82, 2.24) is 0 Å². The van der Waals surface area contributed by atoms with Gasteiger partial charge < -0.3 is 4.74 Å². The third-order valence-corrected chi connectivity index (χ3v) is 2.89. The Hall–Kier alpha value is -0.690. The van der Waals surface area contributed by atoms with E-state index in [0.717, 1.165) is 25.0 Å². The standard InChI is InChI=1S/C13H19ClO/c1-4-10-7-8-12(11(5-2)9-10)15-13(14)6-3/h7-9,13H,4-6H2,1-3H3. The smallest absolute Gasteiger partial charge is 0.171 e. The molecule has 1 unspecified atom stereocenters. The van der Waals surface area contributed by atoms with Crippen LogP contribution in [0.15, 0.2) is 18.2 Å². The van der Waals surface area contributed by atoms with E-state index in [1.807, 2.05) is 13.0 Å². The maximum Gasteiger partial charge on any atom is 0.171 e. The maximum atomic E-state index is 5.98. The van der Waals surface area contributed by atoms with Gasteiger partial charge in [0.25, 0.3) is 0 Å². The number of alkyl halides is 1. The van der Waals surface area contributed by atoms with Gasteiger partial charge in [-0.15, -0.1) is 0 Å². The molecule has 0 radical (unpaired) electrons. The van der Waals surface area contributed by atoms with Crippen molar-refractivity contribution in [3.63, 3.8) is 0 Å². The van der Waals surface area contributed by atoms with E-state index in [1.165, 1.54) is 11.1 Å². The average Bonchev–Trinajstić information content (AvgIpc) is 2.29. The molecule has 0 spiro atoms. The topological polar surface area (TPSA) is 9.23 Å². The highest BCUT2D eigenvalue weighted by Gasteiger charge is 2.07. The van der Waals surface area contributed by atoms with Gasteiger partial charge in [-0.25, -0.2) is 0 Å². The molecule has 0 aliphatic carbocycles. The van der Waals surface area contributed by atoms with Gasteiger partial charge in [0, 0.05) is 0 Å². The maximum absolute atomic E-state index is 5.98. The molecule has 0 bridgehead atoms. The van der Waals surface area contributed by atoms with Gasteiger partial charge in [-0.2, -0.15) is 0 Å². The minimum Gasteiger partial charge on any atom is -0.474 e. The Balaban J connectivity index is 2.87. The summed E-state index contributed by atoms with van der Waals surface area (Å²) in [5.74, 6) is 0.927. The molecule has 0 saturated heterocycles. The fraction of sp³-hybridized carbons (Fsp3) is 0.538. The molecule has 0 N–H and O–H groups in total.